The molecule has 0 unspecified atom stereocenters. The molecule has 0 aliphatic rings. The van der Waals surface area contributed by atoms with E-state index in [2.05, 4.69) is 15.0 Å². The lowest BCUT2D eigenvalue weighted by molar-refractivity contribution is 0.0496. The van der Waals surface area contributed by atoms with E-state index < -0.39 is 18.3 Å². The van der Waals surface area contributed by atoms with Crippen molar-refractivity contribution in [1.82, 2.24) is 15.0 Å². The number of carbonyl (C=O) groups is 1. The largest absolute Gasteiger partial charge is 0.507 e. The number of nitrogens with one attached hydrogen (secondary N) is 1. The molecule has 2 heterocycles. The average molecular weight is 389 g/mol. The Kier molecular flexibility index (Phi) is 5.07. The van der Waals surface area contributed by atoms with E-state index in [0.717, 1.165) is 0 Å². The Morgan fingerprint density at radius 2 is 2.00 bits per heavy atom. The Bertz CT molecular complexity index is 1040. The highest BCUT2D eigenvalue weighted by atomic mass is 35.5. The maximum atomic E-state index is 12.0. The van der Waals surface area contributed by atoms with Crippen LogP contribution in [-0.4, -0.2) is 32.6 Å². The molecule has 0 aliphatic heterocycles. The van der Waals surface area contributed by atoms with Gasteiger partial charge >= 0.3 is 5.97 Å². The molecule has 0 saturated carbocycles. The summed E-state index contributed by atoms with van der Waals surface area (Å²) in [5.74, 6) is -1.18. The van der Waals surface area contributed by atoms with Crippen molar-refractivity contribution in [1.29, 1.82) is 5.26 Å². The summed E-state index contributed by atoms with van der Waals surface area (Å²) in [6, 6.07) is 11.8. The van der Waals surface area contributed by atoms with Gasteiger partial charge in [-0.15, -0.1) is 0 Å². The third-order valence-electron chi connectivity index (χ3n) is 3.37. The number of nitriles is 1. The molecule has 2 aromatic heterocycles. The van der Waals surface area contributed by atoms with Crippen molar-refractivity contribution in [2.45, 2.75) is 0 Å². The zero-order chi connectivity index (χ0) is 18.7. The maximum Gasteiger partial charge on any atom is 0.358 e. The molecule has 7 nitrogen and oxygen atoms in total. The van der Waals surface area contributed by atoms with Crippen LogP contribution in [0.15, 0.2) is 42.2 Å². The number of rotatable bonds is 4. The summed E-state index contributed by atoms with van der Waals surface area (Å²) in [4.78, 5) is 23.0. The number of pyridine rings is 1. The molecule has 0 saturated heterocycles. The first-order valence-electron chi connectivity index (χ1n) is 7.26. The standard InChI is InChI=1S/C17H10Cl2N4O3/c18-10-5-6-14(19)23-15(10)17(25)26-8-13(24)9(7-20)16-21-11-3-1-2-4-12(11)22-16/h1-6,24H,8H2,(H,21,22)/b13-9-. The molecular formula is C17H10Cl2N4O3. The Morgan fingerprint density at radius 1 is 1.23 bits per heavy atom. The second-order valence-corrected chi connectivity index (χ2v) is 5.87. The van der Waals surface area contributed by atoms with Crippen LogP contribution in [0.1, 0.15) is 16.3 Å². The summed E-state index contributed by atoms with van der Waals surface area (Å²) in [6.07, 6.45) is 0. The summed E-state index contributed by atoms with van der Waals surface area (Å²) in [6.45, 7) is -0.552. The van der Waals surface area contributed by atoms with Gasteiger partial charge in [-0.2, -0.15) is 5.26 Å². The number of hydrogen-bond acceptors (Lipinski definition) is 6. The van der Waals surface area contributed by atoms with Gasteiger partial charge in [0.2, 0.25) is 0 Å². The number of carbonyl (C=O) groups excluding carboxylic acids is 1. The summed E-state index contributed by atoms with van der Waals surface area (Å²) in [7, 11) is 0. The molecule has 3 rings (SSSR count). The van der Waals surface area contributed by atoms with Crippen LogP contribution in [0, 0.1) is 11.3 Å². The van der Waals surface area contributed by atoms with Crippen LogP contribution in [0.2, 0.25) is 10.2 Å². The smallest absolute Gasteiger partial charge is 0.358 e. The second-order valence-electron chi connectivity index (χ2n) is 5.08. The molecule has 3 aromatic rings. The Balaban J connectivity index is 1.82. The molecule has 0 aliphatic carbocycles. The van der Waals surface area contributed by atoms with Crippen molar-refractivity contribution in [2.24, 2.45) is 0 Å². The fourth-order valence-corrected chi connectivity index (χ4v) is 2.49. The highest BCUT2D eigenvalue weighted by Gasteiger charge is 2.18. The molecular weight excluding hydrogens is 379 g/mol. The molecule has 9 heteroatoms. The maximum absolute atomic E-state index is 12.0. The predicted molar refractivity (Wildman–Crippen MR) is 95.8 cm³/mol. The molecule has 2 N–H and O–H groups in total. The van der Waals surface area contributed by atoms with E-state index in [1.807, 2.05) is 12.1 Å². The van der Waals surface area contributed by atoms with Crippen molar-refractivity contribution in [3.05, 3.63) is 63.9 Å². The quantitative estimate of drug-likeness (QED) is 0.303. The van der Waals surface area contributed by atoms with Crippen molar-refractivity contribution < 1.29 is 14.6 Å². The number of allylic oxidation sites excluding steroid dienone is 1. The number of fused-ring (bicyclic) bond motifs is 1. The SMILES string of the molecule is N#C/C(=C(/O)COC(=O)c1nc(Cl)ccc1Cl)c1nc2ccccc2[nH]1. The second kappa shape index (κ2) is 7.44. The first kappa shape index (κ1) is 17.7. The number of halogens is 2. The Morgan fingerprint density at radius 3 is 2.73 bits per heavy atom. The molecule has 26 heavy (non-hydrogen) atoms. The Labute approximate surface area is 157 Å². The number of aliphatic hydroxyl groups excluding tert-OH is 1. The number of nitrogens with zero attached hydrogens (tertiary/aromatic N) is 3. The third-order valence-corrected chi connectivity index (χ3v) is 3.89. The minimum Gasteiger partial charge on any atom is -0.507 e. The van der Waals surface area contributed by atoms with Crippen LogP contribution in [0.5, 0.6) is 0 Å². The number of esters is 1. The third kappa shape index (κ3) is 3.61. The summed E-state index contributed by atoms with van der Waals surface area (Å²) >= 11 is 11.6. The molecule has 0 radical (unpaired) electrons. The van der Waals surface area contributed by atoms with Gasteiger partial charge in [0.05, 0.1) is 16.1 Å². The molecule has 0 spiro atoms. The number of para-hydroxylation sites is 2. The van der Waals surface area contributed by atoms with Crippen LogP contribution < -0.4 is 0 Å². The minimum atomic E-state index is -0.883. The number of benzene rings is 1. The molecule has 1 aromatic carbocycles. The van der Waals surface area contributed by atoms with Crippen LogP contribution in [0.25, 0.3) is 16.6 Å². The van der Waals surface area contributed by atoms with E-state index in [9.17, 15) is 15.2 Å². The van der Waals surface area contributed by atoms with Gasteiger partial charge in [-0.1, -0.05) is 35.3 Å². The van der Waals surface area contributed by atoms with Gasteiger partial charge in [0, 0.05) is 0 Å². The molecule has 130 valence electrons. The zero-order valence-electron chi connectivity index (χ0n) is 13.0. The van der Waals surface area contributed by atoms with E-state index in [1.165, 1.54) is 12.1 Å². The van der Waals surface area contributed by atoms with Gasteiger partial charge in [-0.25, -0.2) is 14.8 Å². The van der Waals surface area contributed by atoms with Crippen molar-refractivity contribution in [3.63, 3.8) is 0 Å². The monoisotopic (exact) mass is 388 g/mol. The molecule has 0 bridgehead atoms. The summed E-state index contributed by atoms with van der Waals surface area (Å²) in [5.41, 5.74) is 1.01. The van der Waals surface area contributed by atoms with Crippen LogP contribution in [-0.2, 0) is 4.74 Å². The fraction of sp³-hybridized carbons (Fsp3) is 0.0588. The van der Waals surface area contributed by atoms with Crippen molar-refractivity contribution >= 4 is 45.8 Å². The highest BCUT2D eigenvalue weighted by molar-refractivity contribution is 6.34. The minimum absolute atomic E-state index is 0.0562. The predicted octanol–water partition coefficient (Wildman–Crippen LogP) is 3.91. The molecule has 0 atom stereocenters. The first-order valence-corrected chi connectivity index (χ1v) is 8.01. The number of H-pyrrole nitrogens is 1. The highest BCUT2D eigenvalue weighted by Crippen LogP contribution is 2.20. The van der Waals surface area contributed by atoms with Gasteiger partial charge in [0.25, 0.3) is 0 Å². The van der Waals surface area contributed by atoms with Gasteiger partial charge < -0.3 is 14.8 Å². The number of hydrogen-bond donors (Lipinski definition) is 2. The van der Waals surface area contributed by atoms with E-state index in [-0.39, 0.29) is 27.3 Å². The average Bonchev–Trinajstić information content (AvgIpc) is 3.06. The van der Waals surface area contributed by atoms with Crippen molar-refractivity contribution in [2.75, 3.05) is 6.61 Å². The van der Waals surface area contributed by atoms with Crippen LogP contribution >= 0.6 is 23.2 Å². The zero-order valence-corrected chi connectivity index (χ0v) is 14.5. The number of aromatic nitrogens is 3. The lowest BCUT2D eigenvalue weighted by Gasteiger charge is -2.06. The van der Waals surface area contributed by atoms with E-state index in [0.29, 0.717) is 11.0 Å². The fourth-order valence-electron chi connectivity index (χ4n) is 2.16. The van der Waals surface area contributed by atoms with Gasteiger partial charge in [-0.05, 0) is 24.3 Å². The molecule has 0 amide bonds. The first-order chi connectivity index (χ1) is 12.5. The lowest BCUT2D eigenvalue weighted by atomic mass is 10.2. The van der Waals surface area contributed by atoms with E-state index >= 15 is 0 Å². The van der Waals surface area contributed by atoms with Crippen LogP contribution in [0.4, 0.5) is 0 Å². The van der Waals surface area contributed by atoms with Gasteiger partial charge in [-0.3, -0.25) is 0 Å². The number of aliphatic hydroxyl groups is 1. The molecule has 0 fully saturated rings. The van der Waals surface area contributed by atoms with Crippen LogP contribution in [0.3, 0.4) is 0 Å². The lowest BCUT2D eigenvalue weighted by Crippen LogP contribution is -2.11. The van der Waals surface area contributed by atoms with E-state index in [1.54, 1.807) is 18.2 Å². The van der Waals surface area contributed by atoms with Crippen molar-refractivity contribution in [3.8, 4) is 6.07 Å². The summed E-state index contributed by atoms with van der Waals surface area (Å²) in [5, 5.41) is 19.6. The topological polar surface area (TPSA) is 112 Å². The van der Waals surface area contributed by atoms with Gasteiger partial charge in [0.15, 0.2) is 17.3 Å². The normalized spacial score (nSPS) is 11.7. The number of ether oxygens (including phenoxy) is 1. The summed E-state index contributed by atoms with van der Waals surface area (Å²) < 4.78 is 4.96. The van der Waals surface area contributed by atoms with Gasteiger partial charge in [0.1, 0.15) is 23.4 Å². The number of imidazole rings is 1. The van der Waals surface area contributed by atoms with E-state index in [4.69, 9.17) is 27.9 Å². The Hall–Kier alpha value is -3.08. The number of aromatic amines is 1.